The van der Waals surface area contributed by atoms with Crippen molar-refractivity contribution in [3.63, 3.8) is 0 Å². The van der Waals surface area contributed by atoms with Crippen molar-refractivity contribution in [2.45, 2.75) is 37.6 Å². The number of carboxylic acid groups (broad SMARTS) is 1. The number of ether oxygens (including phenoxy) is 1. The molecule has 3 heterocycles. The molecule has 2 saturated heterocycles. The molecule has 4 rings (SSSR count). The zero-order valence-electron chi connectivity index (χ0n) is 15.7. The molecule has 0 atom stereocenters. The van der Waals surface area contributed by atoms with E-state index in [9.17, 15) is 14.7 Å². The molecule has 1 aromatic carbocycles. The predicted molar refractivity (Wildman–Crippen MR) is 102 cm³/mol. The Hall–Kier alpha value is -2.61. The van der Waals surface area contributed by atoms with E-state index < -0.39 is 11.5 Å². The van der Waals surface area contributed by atoms with Crippen LogP contribution in [0.2, 0.25) is 0 Å². The van der Waals surface area contributed by atoms with Crippen LogP contribution in [0.25, 0.3) is 11.1 Å². The lowest BCUT2D eigenvalue weighted by molar-refractivity contribution is -0.141. The van der Waals surface area contributed by atoms with Gasteiger partial charge < -0.3 is 24.5 Å². The lowest BCUT2D eigenvalue weighted by Crippen LogP contribution is -2.55. The fraction of sp³-hybridized carbons (Fsp3) is 0.550. The van der Waals surface area contributed by atoms with Crippen molar-refractivity contribution in [3.05, 3.63) is 24.3 Å². The third-order valence-corrected chi connectivity index (χ3v) is 5.75. The van der Waals surface area contributed by atoms with Crippen molar-refractivity contribution >= 4 is 29.0 Å². The van der Waals surface area contributed by atoms with Gasteiger partial charge in [0, 0.05) is 32.2 Å². The van der Waals surface area contributed by atoms with Gasteiger partial charge in [0.15, 0.2) is 5.58 Å². The molecule has 0 bridgehead atoms. The van der Waals surface area contributed by atoms with Gasteiger partial charge in [-0.1, -0.05) is 12.1 Å². The third-order valence-electron chi connectivity index (χ3n) is 5.75. The number of fused-ring (bicyclic) bond motifs is 1. The normalized spacial score (nSPS) is 20.2. The third kappa shape index (κ3) is 3.96. The largest absolute Gasteiger partial charge is 0.481 e. The lowest BCUT2D eigenvalue weighted by Gasteiger charge is -2.39. The number of oxazole rings is 1. The van der Waals surface area contributed by atoms with Crippen LogP contribution in [0.5, 0.6) is 0 Å². The summed E-state index contributed by atoms with van der Waals surface area (Å²) in [6.45, 7) is 2.31. The first kappa shape index (κ1) is 18.7. The molecule has 28 heavy (non-hydrogen) atoms. The second kappa shape index (κ2) is 7.79. The van der Waals surface area contributed by atoms with Gasteiger partial charge in [-0.3, -0.25) is 9.59 Å². The molecular weight excluding hydrogens is 362 g/mol. The van der Waals surface area contributed by atoms with E-state index in [1.807, 2.05) is 24.3 Å². The molecule has 0 unspecified atom stereocenters. The Balaban J connectivity index is 1.37. The SMILES string of the molecule is O=C(O)CC1(NC(=O)C2CCN(c3nc4ccccc4o3)CC2)CCOCC1. The summed E-state index contributed by atoms with van der Waals surface area (Å²) < 4.78 is 11.2. The molecule has 2 aliphatic heterocycles. The Bertz CT molecular complexity index is 817. The van der Waals surface area contributed by atoms with Crippen molar-refractivity contribution in [1.29, 1.82) is 0 Å². The van der Waals surface area contributed by atoms with Gasteiger partial charge in [0.05, 0.1) is 12.0 Å². The van der Waals surface area contributed by atoms with E-state index in [1.54, 1.807) is 0 Å². The number of aliphatic carboxylic acids is 1. The summed E-state index contributed by atoms with van der Waals surface area (Å²) in [7, 11) is 0. The number of carboxylic acids is 1. The second-order valence-corrected chi connectivity index (χ2v) is 7.68. The Kier molecular flexibility index (Phi) is 5.21. The van der Waals surface area contributed by atoms with Gasteiger partial charge in [0.1, 0.15) is 5.52 Å². The minimum Gasteiger partial charge on any atom is -0.481 e. The Morgan fingerprint density at radius 3 is 2.61 bits per heavy atom. The van der Waals surface area contributed by atoms with Crippen LogP contribution >= 0.6 is 0 Å². The number of carbonyl (C=O) groups excluding carboxylic acids is 1. The van der Waals surface area contributed by atoms with Crippen LogP contribution in [0.4, 0.5) is 6.01 Å². The van der Waals surface area contributed by atoms with Crippen LogP contribution in [0.15, 0.2) is 28.7 Å². The van der Waals surface area contributed by atoms with Crippen molar-refractivity contribution in [2.24, 2.45) is 5.92 Å². The predicted octanol–water partition coefficient (Wildman–Crippen LogP) is 2.18. The van der Waals surface area contributed by atoms with E-state index in [4.69, 9.17) is 9.15 Å². The van der Waals surface area contributed by atoms with Crippen molar-refractivity contribution in [2.75, 3.05) is 31.2 Å². The molecule has 2 aromatic rings. The molecule has 1 amide bonds. The zero-order chi connectivity index (χ0) is 19.6. The molecule has 1 aromatic heterocycles. The molecule has 8 nitrogen and oxygen atoms in total. The number of nitrogens with zero attached hydrogens (tertiary/aromatic N) is 2. The number of para-hydroxylation sites is 2. The quantitative estimate of drug-likeness (QED) is 0.810. The molecule has 0 saturated carbocycles. The summed E-state index contributed by atoms with van der Waals surface area (Å²) in [5.41, 5.74) is 0.887. The van der Waals surface area contributed by atoms with E-state index in [0.717, 1.165) is 11.1 Å². The van der Waals surface area contributed by atoms with Crippen LogP contribution in [-0.2, 0) is 14.3 Å². The molecule has 2 aliphatic rings. The summed E-state index contributed by atoms with van der Waals surface area (Å²) >= 11 is 0. The minimum absolute atomic E-state index is 0.0552. The molecule has 2 fully saturated rings. The van der Waals surface area contributed by atoms with Gasteiger partial charge in [-0.15, -0.1) is 0 Å². The number of piperidine rings is 1. The monoisotopic (exact) mass is 387 g/mol. The zero-order valence-corrected chi connectivity index (χ0v) is 15.7. The van der Waals surface area contributed by atoms with Gasteiger partial charge in [-0.2, -0.15) is 4.98 Å². The first-order chi connectivity index (χ1) is 13.5. The highest BCUT2D eigenvalue weighted by atomic mass is 16.5. The summed E-state index contributed by atoms with van der Waals surface area (Å²) in [6.07, 6.45) is 2.37. The molecule has 150 valence electrons. The standard InChI is InChI=1S/C20H25N3O5/c24-17(25)13-20(7-11-27-12-8-20)22-18(26)14-5-9-23(10-6-14)19-21-15-3-1-2-4-16(15)28-19/h1-4,14H,5-13H2,(H,22,26)(H,24,25). The number of rotatable bonds is 5. The van der Waals surface area contributed by atoms with Crippen LogP contribution in [0, 0.1) is 5.92 Å². The topological polar surface area (TPSA) is 105 Å². The van der Waals surface area contributed by atoms with Gasteiger partial charge >= 0.3 is 5.97 Å². The maximum absolute atomic E-state index is 12.8. The van der Waals surface area contributed by atoms with Crippen molar-refractivity contribution in [1.82, 2.24) is 10.3 Å². The molecule has 2 N–H and O–H groups in total. The summed E-state index contributed by atoms with van der Waals surface area (Å²) in [6, 6.07) is 8.23. The van der Waals surface area contributed by atoms with Gasteiger partial charge in [-0.05, 0) is 37.8 Å². The second-order valence-electron chi connectivity index (χ2n) is 7.68. The van der Waals surface area contributed by atoms with E-state index in [1.165, 1.54) is 0 Å². The van der Waals surface area contributed by atoms with Crippen molar-refractivity contribution < 1.29 is 23.8 Å². The van der Waals surface area contributed by atoms with E-state index in [2.05, 4.69) is 15.2 Å². The maximum Gasteiger partial charge on any atom is 0.305 e. The number of amides is 1. The Morgan fingerprint density at radius 2 is 1.93 bits per heavy atom. The highest BCUT2D eigenvalue weighted by molar-refractivity contribution is 5.81. The summed E-state index contributed by atoms with van der Waals surface area (Å²) in [5.74, 6) is -1.08. The van der Waals surface area contributed by atoms with E-state index >= 15 is 0 Å². The fourth-order valence-corrected chi connectivity index (χ4v) is 4.09. The van der Waals surface area contributed by atoms with Gasteiger partial charge in [0.2, 0.25) is 5.91 Å². The van der Waals surface area contributed by atoms with E-state index in [0.29, 0.717) is 58.0 Å². The lowest BCUT2D eigenvalue weighted by atomic mass is 9.85. The summed E-state index contributed by atoms with van der Waals surface area (Å²) in [4.78, 5) is 30.7. The Morgan fingerprint density at radius 1 is 1.21 bits per heavy atom. The molecular formula is C20H25N3O5. The van der Waals surface area contributed by atoms with Crippen LogP contribution in [-0.4, -0.2) is 53.8 Å². The molecule has 0 radical (unpaired) electrons. The van der Waals surface area contributed by atoms with Crippen LogP contribution in [0.1, 0.15) is 32.1 Å². The fourth-order valence-electron chi connectivity index (χ4n) is 4.09. The molecule has 0 aliphatic carbocycles. The minimum atomic E-state index is -0.895. The number of hydrogen-bond donors (Lipinski definition) is 2. The average Bonchev–Trinajstić information content (AvgIpc) is 3.12. The highest BCUT2D eigenvalue weighted by Gasteiger charge is 2.38. The highest BCUT2D eigenvalue weighted by Crippen LogP contribution is 2.29. The van der Waals surface area contributed by atoms with E-state index in [-0.39, 0.29) is 18.2 Å². The molecule has 8 heteroatoms. The number of anilines is 1. The number of nitrogens with one attached hydrogen (secondary N) is 1. The maximum atomic E-state index is 12.8. The first-order valence-electron chi connectivity index (χ1n) is 9.77. The first-order valence-corrected chi connectivity index (χ1v) is 9.77. The number of carbonyl (C=O) groups is 2. The average molecular weight is 387 g/mol. The number of hydrogen-bond acceptors (Lipinski definition) is 6. The van der Waals surface area contributed by atoms with Crippen molar-refractivity contribution in [3.8, 4) is 0 Å². The summed E-state index contributed by atoms with van der Waals surface area (Å²) in [5, 5.41) is 12.3. The van der Waals surface area contributed by atoms with Crippen LogP contribution in [0.3, 0.4) is 0 Å². The number of aromatic nitrogens is 1. The van der Waals surface area contributed by atoms with Crippen LogP contribution < -0.4 is 10.2 Å². The Labute approximate surface area is 162 Å². The smallest absolute Gasteiger partial charge is 0.305 e. The number of benzene rings is 1. The molecule has 0 spiro atoms. The van der Waals surface area contributed by atoms with Gasteiger partial charge in [-0.25, -0.2) is 0 Å². The van der Waals surface area contributed by atoms with Gasteiger partial charge in [0.25, 0.3) is 6.01 Å².